The zero-order valence-electron chi connectivity index (χ0n) is 14.1. The van der Waals surface area contributed by atoms with Crippen molar-refractivity contribution in [2.75, 3.05) is 42.9 Å². The fraction of sp³-hybridized carbons (Fsp3) is 0.278. The van der Waals surface area contributed by atoms with E-state index in [4.69, 9.17) is 16.2 Å². The van der Waals surface area contributed by atoms with E-state index in [1.54, 1.807) is 12.1 Å². The molecular weight excluding hydrogens is 354 g/mol. The van der Waals surface area contributed by atoms with Crippen molar-refractivity contribution < 1.29 is 9.42 Å². The van der Waals surface area contributed by atoms with Crippen LogP contribution in [0, 0.1) is 0 Å². The van der Waals surface area contributed by atoms with Gasteiger partial charge in [-0.2, -0.15) is 0 Å². The van der Waals surface area contributed by atoms with Gasteiger partial charge in [-0.1, -0.05) is 23.7 Å². The monoisotopic (exact) mass is 371 g/mol. The van der Waals surface area contributed by atoms with Gasteiger partial charge < -0.3 is 10.2 Å². The molecule has 1 N–H and O–H groups in total. The summed E-state index contributed by atoms with van der Waals surface area (Å²) < 4.78 is 4.72. The van der Waals surface area contributed by atoms with Crippen LogP contribution < -0.4 is 10.2 Å². The zero-order chi connectivity index (χ0) is 17.9. The van der Waals surface area contributed by atoms with Crippen molar-refractivity contribution in [1.29, 1.82) is 0 Å². The van der Waals surface area contributed by atoms with Gasteiger partial charge in [-0.25, -0.2) is 4.63 Å². The molecule has 4 rings (SSSR count). The molecule has 2 heterocycles. The molecule has 0 saturated carbocycles. The molecule has 7 nitrogen and oxygen atoms in total. The molecule has 26 heavy (non-hydrogen) atoms. The van der Waals surface area contributed by atoms with Crippen molar-refractivity contribution in [3.63, 3.8) is 0 Å². The molecule has 0 radical (unpaired) electrons. The molecule has 0 spiro atoms. The van der Waals surface area contributed by atoms with Gasteiger partial charge in [-0.3, -0.25) is 9.69 Å². The Hall–Kier alpha value is -2.64. The molecule has 1 amide bonds. The Balaban J connectivity index is 1.33. The molecule has 134 valence electrons. The molecule has 1 aromatic heterocycles. The summed E-state index contributed by atoms with van der Waals surface area (Å²) >= 11 is 6.07. The highest BCUT2D eigenvalue weighted by atomic mass is 35.5. The van der Waals surface area contributed by atoms with E-state index in [2.05, 4.69) is 31.5 Å². The normalized spacial score (nSPS) is 15.3. The SMILES string of the molecule is O=C(CN1CCN(c2cccc(Cl)c2)CC1)Nc1cccc2nonc12. The first kappa shape index (κ1) is 16.8. The maximum Gasteiger partial charge on any atom is 0.238 e. The van der Waals surface area contributed by atoms with Gasteiger partial charge in [0.25, 0.3) is 0 Å². The Kier molecular flexibility index (Phi) is 4.73. The van der Waals surface area contributed by atoms with Crippen LogP contribution in [0.1, 0.15) is 0 Å². The lowest BCUT2D eigenvalue weighted by Crippen LogP contribution is -2.48. The summed E-state index contributed by atoms with van der Waals surface area (Å²) in [4.78, 5) is 16.8. The van der Waals surface area contributed by atoms with Crippen molar-refractivity contribution in [2.24, 2.45) is 0 Å². The molecule has 0 bridgehead atoms. The van der Waals surface area contributed by atoms with Crippen LogP contribution >= 0.6 is 11.6 Å². The van der Waals surface area contributed by atoms with Crippen molar-refractivity contribution in [2.45, 2.75) is 0 Å². The molecule has 1 saturated heterocycles. The Labute approximate surface area is 155 Å². The smallest absolute Gasteiger partial charge is 0.238 e. The topological polar surface area (TPSA) is 74.5 Å². The predicted molar refractivity (Wildman–Crippen MR) is 101 cm³/mol. The molecule has 0 atom stereocenters. The summed E-state index contributed by atoms with van der Waals surface area (Å²) in [6.07, 6.45) is 0. The number of anilines is 2. The van der Waals surface area contributed by atoms with Crippen LogP contribution in [0.3, 0.4) is 0 Å². The van der Waals surface area contributed by atoms with Crippen LogP contribution in [0.2, 0.25) is 5.02 Å². The van der Waals surface area contributed by atoms with Crippen molar-refractivity contribution >= 4 is 39.9 Å². The van der Waals surface area contributed by atoms with E-state index in [9.17, 15) is 4.79 Å². The number of benzene rings is 2. The number of halogens is 1. The quantitative estimate of drug-likeness (QED) is 0.760. The summed E-state index contributed by atoms with van der Waals surface area (Å²) in [6.45, 7) is 3.68. The minimum atomic E-state index is -0.0725. The fourth-order valence-electron chi connectivity index (χ4n) is 3.14. The number of hydrogen-bond donors (Lipinski definition) is 1. The minimum Gasteiger partial charge on any atom is -0.369 e. The second-order valence-electron chi connectivity index (χ2n) is 6.23. The molecule has 2 aromatic carbocycles. The Morgan fingerprint density at radius 2 is 1.92 bits per heavy atom. The summed E-state index contributed by atoms with van der Waals surface area (Å²) in [6, 6.07) is 13.2. The van der Waals surface area contributed by atoms with Crippen molar-refractivity contribution in [1.82, 2.24) is 15.2 Å². The lowest BCUT2D eigenvalue weighted by atomic mass is 10.2. The molecule has 8 heteroatoms. The summed E-state index contributed by atoms with van der Waals surface area (Å²) in [7, 11) is 0. The van der Waals surface area contributed by atoms with E-state index < -0.39 is 0 Å². The van der Waals surface area contributed by atoms with Gasteiger partial charge in [0.15, 0.2) is 5.52 Å². The van der Waals surface area contributed by atoms with Crippen LogP contribution in [-0.4, -0.2) is 53.8 Å². The van der Waals surface area contributed by atoms with Crippen LogP contribution in [-0.2, 0) is 4.79 Å². The second-order valence-corrected chi connectivity index (χ2v) is 6.67. The number of nitrogens with one attached hydrogen (secondary N) is 1. The predicted octanol–water partition coefficient (Wildman–Crippen LogP) is 2.64. The standard InChI is InChI=1S/C18H18ClN5O2/c19-13-3-1-4-14(11-13)24-9-7-23(8-10-24)12-17(25)20-15-5-2-6-16-18(15)22-26-21-16/h1-6,11H,7-10,12H2,(H,20,25). The number of hydrogen-bond acceptors (Lipinski definition) is 6. The maximum absolute atomic E-state index is 12.4. The summed E-state index contributed by atoms with van der Waals surface area (Å²) in [5.41, 5.74) is 2.92. The highest BCUT2D eigenvalue weighted by molar-refractivity contribution is 6.30. The van der Waals surface area contributed by atoms with E-state index in [1.807, 2.05) is 24.3 Å². The van der Waals surface area contributed by atoms with E-state index in [0.717, 1.165) is 36.9 Å². The van der Waals surface area contributed by atoms with Crippen LogP contribution in [0.4, 0.5) is 11.4 Å². The van der Waals surface area contributed by atoms with Gasteiger partial charge in [-0.15, -0.1) is 0 Å². The zero-order valence-corrected chi connectivity index (χ0v) is 14.8. The molecule has 3 aromatic rings. The van der Waals surface area contributed by atoms with Gasteiger partial charge >= 0.3 is 0 Å². The van der Waals surface area contributed by atoms with Gasteiger partial charge in [0.05, 0.1) is 12.2 Å². The molecule has 0 unspecified atom stereocenters. The fourth-order valence-corrected chi connectivity index (χ4v) is 3.32. The molecule has 1 aliphatic heterocycles. The second kappa shape index (κ2) is 7.31. The number of amides is 1. The van der Waals surface area contributed by atoms with Crippen molar-refractivity contribution in [3.05, 3.63) is 47.5 Å². The third kappa shape index (κ3) is 3.63. The lowest BCUT2D eigenvalue weighted by molar-refractivity contribution is -0.117. The van der Waals surface area contributed by atoms with E-state index in [1.165, 1.54) is 0 Å². The summed E-state index contributed by atoms with van der Waals surface area (Å²) in [5.74, 6) is -0.0725. The largest absolute Gasteiger partial charge is 0.369 e. The number of aromatic nitrogens is 2. The molecule has 1 fully saturated rings. The van der Waals surface area contributed by atoms with E-state index in [0.29, 0.717) is 23.3 Å². The van der Waals surface area contributed by atoms with Crippen LogP contribution in [0.5, 0.6) is 0 Å². The third-order valence-electron chi connectivity index (χ3n) is 4.47. The van der Waals surface area contributed by atoms with Gasteiger partial charge in [0.1, 0.15) is 5.52 Å². The Morgan fingerprint density at radius 1 is 1.12 bits per heavy atom. The highest BCUT2D eigenvalue weighted by Crippen LogP contribution is 2.21. The van der Waals surface area contributed by atoms with Crippen LogP contribution in [0.25, 0.3) is 11.0 Å². The van der Waals surface area contributed by atoms with Gasteiger partial charge in [0.2, 0.25) is 5.91 Å². The maximum atomic E-state index is 12.4. The number of carbonyl (C=O) groups excluding carboxylic acids is 1. The highest BCUT2D eigenvalue weighted by Gasteiger charge is 2.20. The van der Waals surface area contributed by atoms with Gasteiger partial charge in [-0.05, 0) is 40.6 Å². The lowest BCUT2D eigenvalue weighted by Gasteiger charge is -2.35. The minimum absolute atomic E-state index is 0.0725. The van der Waals surface area contributed by atoms with Crippen molar-refractivity contribution in [3.8, 4) is 0 Å². The molecule has 0 aliphatic carbocycles. The Morgan fingerprint density at radius 3 is 2.73 bits per heavy atom. The third-order valence-corrected chi connectivity index (χ3v) is 4.71. The Bertz CT molecular complexity index is 921. The summed E-state index contributed by atoms with van der Waals surface area (Å²) in [5, 5.41) is 11.3. The number of nitrogens with zero attached hydrogens (tertiary/aromatic N) is 4. The van der Waals surface area contributed by atoms with E-state index >= 15 is 0 Å². The number of piperazine rings is 1. The van der Waals surface area contributed by atoms with E-state index in [-0.39, 0.29) is 5.91 Å². The molecule has 1 aliphatic rings. The number of rotatable bonds is 4. The molecular formula is C18H18ClN5O2. The first-order valence-electron chi connectivity index (χ1n) is 8.43. The first-order valence-corrected chi connectivity index (χ1v) is 8.81. The first-order chi connectivity index (χ1) is 12.7. The average molecular weight is 372 g/mol. The van der Waals surface area contributed by atoms with Gasteiger partial charge in [0, 0.05) is 36.9 Å². The number of carbonyl (C=O) groups is 1. The number of fused-ring (bicyclic) bond motifs is 1. The average Bonchev–Trinajstić information content (AvgIpc) is 3.12. The van der Waals surface area contributed by atoms with Crippen LogP contribution in [0.15, 0.2) is 47.1 Å².